The van der Waals surface area contributed by atoms with Crippen LogP contribution >= 0.6 is 0 Å². The largest absolute Gasteiger partial charge is 0.483 e. The third-order valence-corrected chi connectivity index (χ3v) is 4.94. The Morgan fingerprint density at radius 2 is 1.63 bits per heavy atom. The van der Waals surface area contributed by atoms with Gasteiger partial charge in [-0.05, 0) is 35.7 Å². The molecule has 0 saturated carbocycles. The number of carbonyl (C=O) groups is 2. The van der Waals surface area contributed by atoms with E-state index in [1.165, 1.54) is 7.05 Å². The highest BCUT2D eigenvalue weighted by atomic mass is 19.4. The molecular weight excluding hydrogens is 475 g/mol. The first-order valence-corrected chi connectivity index (χ1v) is 10.1. The number of aromatic nitrogens is 1. The lowest BCUT2D eigenvalue weighted by molar-refractivity contribution is -0.138. The Kier molecular flexibility index (Phi) is 9.26. The van der Waals surface area contributed by atoms with Gasteiger partial charge in [0, 0.05) is 31.8 Å². The van der Waals surface area contributed by atoms with Crippen LogP contribution in [0.4, 0.5) is 22.0 Å². The van der Waals surface area contributed by atoms with Crippen molar-refractivity contribution in [2.24, 2.45) is 7.05 Å². The number of alkyl halides is 3. The zero-order valence-electron chi connectivity index (χ0n) is 18.4. The van der Waals surface area contributed by atoms with Crippen LogP contribution in [0.15, 0.2) is 59.5 Å². The highest BCUT2D eigenvalue weighted by molar-refractivity contribution is 5.94. The van der Waals surface area contributed by atoms with Gasteiger partial charge >= 0.3 is 6.18 Å². The number of pyridine rings is 1. The van der Waals surface area contributed by atoms with E-state index in [2.05, 4.69) is 5.32 Å². The Morgan fingerprint density at radius 1 is 1.06 bits per heavy atom. The number of carbonyl (C=O) groups excluding carboxylic acids is 1. The lowest BCUT2D eigenvalue weighted by Crippen LogP contribution is -2.27. The highest BCUT2D eigenvalue weighted by Gasteiger charge is 2.34. The van der Waals surface area contributed by atoms with Crippen LogP contribution in [-0.2, 0) is 30.9 Å². The third-order valence-electron chi connectivity index (χ3n) is 4.94. The van der Waals surface area contributed by atoms with Gasteiger partial charge < -0.3 is 15.0 Å². The highest BCUT2D eigenvalue weighted by Crippen LogP contribution is 2.31. The number of halogens is 5. The average molecular weight is 496 g/mol. The van der Waals surface area contributed by atoms with E-state index in [9.17, 15) is 31.5 Å². The minimum absolute atomic E-state index is 0.0525. The fourth-order valence-electron chi connectivity index (χ4n) is 3.34. The number of amides is 1. The number of hydrogen-bond donors (Lipinski definition) is 2. The molecule has 2 aromatic carbocycles. The summed E-state index contributed by atoms with van der Waals surface area (Å²) in [5.74, 6) is -2.86. The average Bonchev–Trinajstić information content (AvgIpc) is 2.77. The fourth-order valence-corrected chi connectivity index (χ4v) is 3.34. The summed E-state index contributed by atoms with van der Waals surface area (Å²) in [5.41, 5.74) is -1.58. The van der Waals surface area contributed by atoms with Crippen LogP contribution in [0, 0.1) is 11.6 Å². The van der Waals surface area contributed by atoms with Crippen LogP contribution < -0.4 is 10.9 Å². The van der Waals surface area contributed by atoms with Gasteiger partial charge in [-0.15, -0.1) is 0 Å². The van der Waals surface area contributed by atoms with Gasteiger partial charge in [0.05, 0.1) is 5.56 Å². The van der Waals surface area contributed by atoms with Crippen LogP contribution in [0.1, 0.15) is 32.6 Å². The molecule has 1 aromatic heterocycles. The van der Waals surface area contributed by atoms with Crippen molar-refractivity contribution in [3.63, 3.8) is 0 Å². The maximum atomic E-state index is 13.7. The van der Waals surface area contributed by atoms with Gasteiger partial charge in [0.25, 0.3) is 17.9 Å². The van der Waals surface area contributed by atoms with E-state index in [0.29, 0.717) is 11.1 Å². The van der Waals surface area contributed by atoms with Crippen molar-refractivity contribution in [3.8, 4) is 0 Å². The summed E-state index contributed by atoms with van der Waals surface area (Å²) in [6.07, 6.45) is -3.53. The number of hydrogen-bond acceptors (Lipinski definition) is 3. The molecule has 0 bridgehead atoms. The first kappa shape index (κ1) is 27.2. The summed E-state index contributed by atoms with van der Waals surface area (Å²) in [5, 5.41) is 9.31. The van der Waals surface area contributed by atoms with Crippen LogP contribution in [0.3, 0.4) is 0 Å². The van der Waals surface area contributed by atoms with Crippen LogP contribution in [0.25, 0.3) is 0 Å². The molecule has 0 aliphatic rings. The molecular formula is C24H21F5N2O4. The van der Waals surface area contributed by atoms with Crippen molar-refractivity contribution in [1.82, 2.24) is 9.88 Å². The van der Waals surface area contributed by atoms with E-state index < -0.39 is 40.4 Å². The molecule has 2 N–H and O–H groups in total. The van der Waals surface area contributed by atoms with Gasteiger partial charge in [-0.1, -0.05) is 30.3 Å². The topological polar surface area (TPSA) is 88.4 Å². The number of rotatable bonds is 6. The van der Waals surface area contributed by atoms with E-state index in [4.69, 9.17) is 9.90 Å². The predicted octanol–water partition coefficient (Wildman–Crippen LogP) is 3.95. The van der Waals surface area contributed by atoms with Crippen molar-refractivity contribution in [2.75, 3.05) is 6.54 Å². The van der Waals surface area contributed by atoms with Gasteiger partial charge in [0.15, 0.2) is 0 Å². The van der Waals surface area contributed by atoms with E-state index in [-0.39, 0.29) is 31.4 Å². The molecule has 186 valence electrons. The first-order chi connectivity index (χ1) is 16.5. The molecule has 3 rings (SSSR count). The molecule has 35 heavy (non-hydrogen) atoms. The summed E-state index contributed by atoms with van der Waals surface area (Å²) in [6.45, 7) is -0.197. The van der Waals surface area contributed by atoms with Gasteiger partial charge in [0.1, 0.15) is 17.2 Å². The second kappa shape index (κ2) is 11.9. The quantitative estimate of drug-likeness (QED) is 0.400. The SMILES string of the molecule is Cn1ccc(C(F)(F)F)c(Cc2cccc(CCNC(=O)c3c(F)cccc3F)c2)c1=O.O=CO. The van der Waals surface area contributed by atoms with E-state index in [1.54, 1.807) is 24.3 Å². The third kappa shape index (κ3) is 7.23. The number of nitrogens with one attached hydrogen (secondary N) is 1. The van der Waals surface area contributed by atoms with Gasteiger partial charge in [0.2, 0.25) is 0 Å². The van der Waals surface area contributed by atoms with Gasteiger partial charge in [-0.2, -0.15) is 13.2 Å². The van der Waals surface area contributed by atoms with Crippen molar-refractivity contribution in [2.45, 2.75) is 19.0 Å². The fraction of sp³-hybridized carbons (Fsp3) is 0.208. The summed E-state index contributed by atoms with van der Waals surface area (Å²) in [4.78, 5) is 32.7. The smallest absolute Gasteiger partial charge is 0.416 e. The molecule has 0 saturated heterocycles. The summed E-state index contributed by atoms with van der Waals surface area (Å²) >= 11 is 0. The lowest BCUT2D eigenvalue weighted by Gasteiger charge is -2.14. The molecule has 0 unspecified atom stereocenters. The number of carboxylic acid groups (broad SMARTS) is 1. The van der Waals surface area contributed by atoms with Crippen LogP contribution in [0.2, 0.25) is 0 Å². The van der Waals surface area contributed by atoms with E-state index in [1.807, 2.05) is 0 Å². The van der Waals surface area contributed by atoms with Crippen molar-refractivity contribution >= 4 is 12.4 Å². The van der Waals surface area contributed by atoms with Crippen molar-refractivity contribution < 1.29 is 36.6 Å². The van der Waals surface area contributed by atoms with Crippen LogP contribution in [0.5, 0.6) is 0 Å². The van der Waals surface area contributed by atoms with E-state index in [0.717, 1.165) is 35.0 Å². The molecule has 3 aromatic rings. The zero-order valence-corrected chi connectivity index (χ0v) is 18.4. The normalized spacial score (nSPS) is 10.8. The molecule has 0 spiro atoms. The summed E-state index contributed by atoms with van der Waals surface area (Å²) in [7, 11) is 1.38. The second-order valence-electron chi connectivity index (χ2n) is 7.33. The monoisotopic (exact) mass is 496 g/mol. The molecule has 0 atom stereocenters. The minimum Gasteiger partial charge on any atom is -0.483 e. The Labute approximate surface area is 196 Å². The maximum Gasteiger partial charge on any atom is 0.416 e. The molecule has 0 fully saturated rings. The van der Waals surface area contributed by atoms with Crippen LogP contribution in [-0.4, -0.2) is 28.6 Å². The molecule has 0 aliphatic heterocycles. The number of aryl methyl sites for hydroxylation is 1. The van der Waals surface area contributed by atoms with Crippen molar-refractivity contribution in [1.29, 1.82) is 0 Å². The van der Waals surface area contributed by atoms with E-state index >= 15 is 0 Å². The first-order valence-electron chi connectivity index (χ1n) is 10.1. The summed E-state index contributed by atoms with van der Waals surface area (Å²) < 4.78 is 68.5. The molecule has 0 radical (unpaired) electrons. The molecule has 6 nitrogen and oxygen atoms in total. The Hall–Kier alpha value is -4.02. The Bertz CT molecular complexity index is 1240. The Morgan fingerprint density at radius 3 is 2.23 bits per heavy atom. The number of nitrogens with zero attached hydrogens (tertiary/aromatic N) is 1. The summed E-state index contributed by atoms with van der Waals surface area (Å²) in [6, 6.07) is 10.5. The second-order valence-corrected chi connectivity index (χ2v) is 7.33. The number of benzene rings is 2. The molecule has 11 heteroatoms. The maximum absolute atomic E-state index is 13.7. The molecule has 1 heterocycles. The molecule has 0 aliphatic carbocycles. The predicted molar refractivity (Wildman–Crippen MR) is 117 cm³/mol. The lowest BCUT2D eigenvalue weighted by atomic mass is 9.99. The van der Waals surface area contributed by atoms with Gasteiger partial charge in [-0.25, -0.2) is 8.78 Å². The molecule has 1 amide bonds. The standard InChI is InChI=1S/C23H19F5N2O2.CH2O2/c1-30-11-9-17(23(26,27)28)16(22(30)32)13-15-5-2-4-14(12-15)8-10-29-21(31)20-18(24)6-3-7-19(20)25;2-1-3/h2-7,9,11-12H,8,10,13H2,1H3,(H,29,31);1H,(H,2,3). The zero-order chi connectivity index (χ0) is 26.2. The minimum atomic E-state index is -4.66. The van der Waals surface area contributed by atoms with Gasteiger partial charge in [-0.3, -0.25) is 14.4 Å². The Balaban J connectivity index is 0.00000137. The van der Waals surface area contributed by atoms with Crippen molar-refractivity contribution in [3.05, 3.63) is 105 Å².